The largest absolute Gasteiger partial charge is 0.143 e. The zero-order valence-electron chi connectivity index (χ0n) is 29.1. The lowest BCUT2D eigenvalue weighted by atomic mass is 9.93. The van der Waals surface area contributed by atoms with Gasteiger partial charge < -0.3 is 0 Å². The van der Waals surface area contributed by atoms with Crippen molar-refractivity contribution in [3.8, 4) is 0 Å². The van der Waals surface area contributed by atoms with Gasteiger partial charge in [-0.1, -0.05) is 105 Å². The molecule has 4 heterocycles. The van der Waals surface area contributed by atoms with E-state index in [1.54, 1.807) is 72.0 Å². The predicted octanol–water partition coefficient (Wildman–Crippen LogP) is 16.2. The Morgan fingerprint density at radius 3 is 1.07 bits per heavy atom. The summed E-state index contributed by atoms with van der Waals surface area (Å²) >= 11 is 8.42. The molecule has 248 valence electrons. The van der Waals surface area contributed by atoms with Gasteiger partial charge in [0.1, 0.15) is 0 Å². The van der Waals surface area contributed by atoms with Crippen molar-refractivity contribution in [1.29, 1.82) is 0 Å². The van der Waals surface area contributed by atoms with Crippen molar-refractivity contribution in [3.05, 3.63) is 45.1 Å². The number of aryl methyl sites for hydroxylation is 4. The number of thiophene rings is 4. The first kappa shape index (κ1) is 34.4. The van der Waals surface area contributed by atoms with E-state index in [9.17, 15) is 0 Å². The smallest absolute Gasteiger partial charge is 0.0545 e. The summed E-state index contributed by atoms with van der Waals surface area (Å²) in [5.74, 6) is 0. The van der Waals surface area contributed by atoms with Crippen LogP contribution in [-0.2, 0) is 25.7 Å². The number of fused-ring (bicyclic) bond motifs is 7. The van der Waals surface area contributed by atoms with E-state index in [4.69, 9.17) is 0 Å². The van der Waals surface area contributed by atoms with Crippen LogP contribution < -0.4 is 0 Å². The molecule has 0 fully saturated rings. The molecule has 6 aromatic rings. The molecule has 0 saturated heterocycles. The third-order valence-corrected chi connectivity index (χ3v) is 14.9. The van der Waals surface area contributed by atoms with Crippen LogP contribution >= 0.6 is 45.3 Å². The minimum absolute atomic E-state index is 1.22. The average Bonchev–Trinajstić information content (AvgIpc) is 3.87. The van der Waals surface area contributed by atoms with E-state index in [-0.39, 0.29) is 0 Å². The highest BCUT2D eigenvalue weighted by Gasteiger charge is 2.25. The highest BCUT2D eigenvalue weighted by atomic mass is 32.1. The van der Waals surface area contributed by atoms with Crippen molar-refractivity contribution >= 4 is 95.1 Å². The quantitative estimate of drug-likeness (QED) is 0.0700. The van der Waals surface area contributed by atoms with E-state index in [1.165, 1.54) is 128 Å². The number of benzene rings is 2. The Morgan fingerprint density at radius 1 is 0.370 bits per heavy atom. The van der Waals surface area contributed by atoms with Crippen LogP contribution in [0.2, 0.25) is 0 Å². The van der Waals surface area contributed by atoms with E-state index in [1.807, 2.05) is 22.7 Å². The molecule has 0 aliphatic carbocycles. The summed E-state index contributed by atoms with van der Waals surface area (Å²) in [6, 6.07) is 4.96. The summed E-state index contributed by atoms with van der Waals surface area (Å²) in [4.78, 5) is 0. The molecule has 0 aliphatic rings. The molecule has 4 heteroatoms. The standard InChI is InChI=1S/C42H56S4/c1-5-9-13-17-21-29-31-25-27-43-37(31)33(23-19-15-11-7-3)39-35(29)41-42(45-39)36-30(22-18-14-10-6-2)32-26-28-44-38(32)34(40(36)46-41)24-20-16-12-8-4/h25-28H,5-24H2,1-4H3. The Hall–Kier alpha value is -1.46. The average molecular weight is 689 g/mol. The molecular weight excluding hydrogens is 633 g/mol. The maximum Gasteiger partial charge on any atom is 0.0545 e. The number of rotatable bonds is 20. The predicted molar refractivity (Wildman–Crippen MR) is 217 cm³/mol. The SMILES string of the molecule is CCCCCCc1c2sccc2c(CCCCCC)c2c1sc1c2sc2c(CCCCCC)c3sccc3c(CCCCCC)c21. The molecule has 0 spiro atoms. The van der Waals surface area contributed by atoms with Gasteiger partial charge in [0.2, 0.25) is 0 Å². The molecule has 0 N–H and O–H groups in total. The molecule has 4 aromatic heterocycles. The van der Waals surface area contributed by atoms with E-state index < -0.39 is 0 Å². The van der Waals surface area contributed by atoms with Gasteiger partial charge in [-0.25, -0.2) is 0 Å². The van der Waals surface area contributed by atoms with Crippen LogP contribution in [0.25, 0.3) is 49.7 Å². The summed E-state index contributed by atoms with van der Waals surface area (Å²) in [5, 5.41) is 11.3. The van der Waals surface area contributed by atoms with Crippen molar-refractivity contribution < 1.29 is 0 Å². The second-order valence-corrected chi connectivity index (χ2v) is 17.6. The van der Waals surface area contributed by atoms with Crippen molar-refractivity contribution in [2.24, 2.45) is 0 Å². The minimum atomic E-state index is 1.22. The molecule has 6 rings (SSSR count). The highest BCUT2D eigenvalue weighted by Crippen LogP contribution is 2.53. The van der Waals surface area contributed by atoms with Crippen LogP contribution in [0.15, 0.2) is 22.9 Å². The van der Waals surface area contributed by atoms with Crippen LogP contribution in [0.3, 0.4) is 0 Å². The molecule has 0 bridgehead atoms. The van der Waals surface area contributed by atoms with Gasteiger partial charge in [-0.2, -0.15) is 0 Å². The molecule has 0 atom stereocenters. The Bertz CT molecular complexity index is 1720. The topological polar surface area (TPSA) is 0 Å². The minimum Gasteiger partial charge on any atom is -0.143 e. The van der Waals surface area contributed by atoms with Crippen LogP contribution in [0.5, 0.6) is 0 Å². The third kappa shape index (κ3) is 6.98. The van der Waals surface area contributed by atoms with Gasteiger partial charge in [-0.15, -0.1) is 45.3 Å². The Labute approximate surface area is 294 Å². The van der Waals surface area contributed by atoms with Crippen molar-refractivity contribution in [2.45, 2.75) is 156 Å². The van der Waals surface area contributed by atoms with Crippen LogP contribution in [0.4, 0.5) is 0 Å². The summed E-state index contributed by atoms with van der Waals surface area (Å²) in [6.07, 6.45) is 26.2. The molecule has 0 nitrogen and oxygen atoms in total. The third-order valence-electron chi connectivity index (χ3n) is 10.3. The van der Waals surface area contributed by atoms with Gasteiger partial charge in [0, 0.05) is 29.6 Å². The first-order chi connectivity index (χ1) is 22.7. The molecule has 0 saturated carbocycles. The van der Waals surface area contributed by atoms with Gasteiger partial charge in [0.05, 0.1) is 9.40 Å². The van der Waals surface area contributed by atoms with Crippen molar-refractivity contribution in [2.75, 3.05) is 0 Å². The van der Waals surface area contributed by atoms with Crippen molar-refractivity contribution in [3.63, 3.8) is 0 Å². The number of unbranched alkanes of at least 4 members (excludes halogenated alkanes) is 12. The fourth-order valence-corrected chi connectivity index (χ4v) is 13.1. The normalized spacial score (nSPS) is 12.3. The van der Waals surface area contributed by atoms with Crippen LogP contribution in [0, 0.1) is 0 Å². The second-order valence-electron chi connectivity index (χ2n) is 13.8. The molecule has 0 unspecified atom stereocenters. The summed E-state index contributed by atoms with van der Waals surface area (Å²) in [7, 11) is 0. The van der Waals surface area contributed by atoms with Crippen LogP contribution in [0.1, 0.15) is 153 Å². The van der Waals surface area contributed by atoms with Gasteiger partial charge in [0.15, 0.2) is 0 Å². The van der Waals surface area contributed by atoms with E-state index in [2.05, 4.69) is 73.3 Å². The Balaban J connectivity index is 1.60. The van der Waals surface area contributed by atoms with Gasteiger partial charge in [0.25, 0.3) is 0 Å². The number of hydrogen-bond donors (Lipinski definition) is 0. The zero-order valence-corrected chi connectivity index (χ0v) is 32.4. The van der Waals surface area contributed by atoms with Gasteiger partial charge >= 0.3 is 0 Å². The molecule has 0 radical (unpaired) electrons. The van der Waals surface area contributed by atoms with E-state index >= 15 is 0 Å². The monoisotopic (exact) mass is 688 g/mol. The van der Waals surface area contributed by atoms with E-state index in [0.29, 0.717) is 0 Å². The summed E-state index contributed by atoms with van der Waals surface area (Å²) in [5.41, 5.74) is 6.70. The zero-order chi connectivity index (χ0) is 31.9. The maximum atomic E-state index is 2.48. The van der Waals surface area contributed by atoms with Gasteiger partial charge in [-0.3, -0.25) is 0 Å². The van der Waals surface area contributed by atoms with E-state index in [0.717, 1.165) is 0 Å². The molecule has 0 aliphatic heterocycles. The molecular formula is C42H56S4. The summed E-state index contributed by atoms with van der Waals surface area (Å²) in [6.45, 7) is 9.35. The Kier molecular flexibility index (Phi) is 12.5. The Morgan fingerprint density at radius 2 is 0.717 bits per heavy atom. The first-order valence-corrected chi connectivity index (χ1v) is 22.3. The number of hydrogen-bond acceptors (Lipinski definition) is 4. The fraction of sp³-hybridized carbons (Fsp3) is 0.571. The fourth-order valence-electron chi connectivity index (χ4n) is 7.83. The first-order valence-electron chi connectivity index (χ1n) is 18.9. The second kappa shape index (κ2) is 16.8. The lowest BCUT2D eigenvalue weighted by Crippen LogP contribution is -1.94. The maximum absolute atomic E-state index is 2.48. The van der Waals surface area contributed by atoms with Crippen molar-refractivity contribution in [1.82, 2.24) is 0 Å². The highest BCUT2D eigenvalue weighted by molar-refractivity contribution is 7.37. The van der Waals surface area contributed by atoms with Gasteiger partial charge in [-0.05, 0) is 107 Å². The van der Waals surface area contributed by atoms with Crippen LogP contribution in [-0.4, -0.2) is 0 Å². The lowest BCUT2D eigenvalue weighted by molar-refractivity contribution is 0.668. The molecule has 2 aromatic carbocycles. The summed E-state index contributed by atoms with van der Waals surface area (Å²) < 4.78 is 9.75. The molecule has 46 heavy (non-hydrogen) atoms. The lowest BCUT2D eigenvalue weighted by Gasteiger charge is -2.13. The molecule has 0 amide bonds.